The van der Waals surface area contributed by atoms with Crippen molar-refractivity contribution in [2.45, 2.75) is 13.0 Å². The Morgan fingerprint density at radius 1 is 1.38 bits per heavy atom. The normalized spacial score (nSPS) is 22.7. The number of thioether (sulfide) groups is 1. The number of nitrogens with zero attached hydrogens (tertiary/aromatic N) is 3. The van der Waals surface area contributed by atoms with Gasteiger partial charge in [-0.25, -0.2) is 0 Å². The molecule has 6 heteroatoms. The van der Waals surface area contributed by atoms with Crippen molar-refractivity contribution >= 4 is 23.6 Å². The van der Waals surface area contributed by atoms with E-state index in [2.05, 4.69) is 4.98 Å². The van der Waals surface area contributed by atoms with Gasteiger partial charge < -0.3 is 9.80 Å². The number of hydrogen-bond donors (Lipinski definition) is 0. The zero-order valence-electron chi connectivity index (χ0n) is 11.9. The second kappa shape index (κ2) is 6.47. The minimum atomic E-state index is -0.169. The Hall–Kier alpha value is -1.56. The van der Waals surface area contributed by atoms with E-state index in [1.165, 1.54) is 0 Å². The standard InChI is InChI=1S/C15H19N3O2S/c19-14-8-13(15(20)17-4-6-21-7-5-17)11-18(14)10-12-2-1-3-16-9-12/h1-3,9,13H,4-8,10-11H2/t13-/m0/s1. The average Bonchev–Trinajstić information content (AvgIpc) is 2.89. The third kappa shape index (κ3) is 3.37. The van der Waals surface area contributed by atoms with Crippen LogP contribution in [-0.4, -0.2) is 57.7 Å². The number of carbonyl (C=O) groups is 2. The van der Waals surface area contributed by atoms with Gasteiger partial charge in [-0.3, -0.25) is 14.6 Å². The molecule has 3 heterocycles. The van der Waals surface area contributed by atoms with Crippen molar-refractivity contribution < 1.29 is 9.59 Å². The molecule has 3 rings (SSSR count). The van der Waals surface area contributed by atoms with Gasteiger partial charge in [0.2, 0.25) is 11.8 Å². The van der Waals surface area contributed by atoms with Crippen molar-refractivity contribution in [3.63, 3.8) is 0 Å². The van der Waals surface area contributed by atoms with Gasteiger partial charge in [0.25, 0.3) is 0 Å². The van der Waals surface area contributed by atoms with Crippen LogP contribution in [0.1, 0.15) is 12.0 Å². The molecule has 0 bridgehead atoms. The van der Waals surface area contributed by atoms with Crippen molar-refractivity contribution in [2.24, 2.45) is 5.92 Å². The summed E-state index contributed by atoms with van der Waals surface area (Å²) in [6.07, 6.45) is 3.84. The maximum atomic E-state index is 12.5. The minimum Gasteiger partial charge on any atom is -0.341 e. The zero-order valence-corrected chi connectivity index (χ0v) is 12.7. The van der Waals surface area contributed by atoms with Crippen molar-refractivity contribution in [2.75, 3.05) is 31.1 Å². The summed E-state index contributed by atoms with van der Waals surface area (Å²) in [5.41, 5.74) is 1.01. The highest BCUT2D eigenvalue weighted by atomic mass is 32.2. The Morgan fingerprint density at radius 2 is 2.19 bits per heavy atom. The Balaban J connectivity index is 1.60. The van der Waals surface area contributed by atoms with Crippen LogP contribution in [0.3, 0.4) is 0 Å². The number of amides is 2. The molecule has 1 atom stereocenters. The third-order valence-electron chi connectivity index (χ3n) is 3.98. The lowest BCUT2D eigenvalue weighted by molar-refractivity contribution is -0.135. The second-order valence-corrected chi connectivity index (χ2v) is 6.70. The predicted octanol–water partition coefficient (Wildman–Crippen LogP) is 1.01. The monoisotopic (exact) mass is 305 g/mol. The predicted molar refractivity (Wildman–Crippen MR) is 81.7 cm³/mol. The lowest BCUT2D eigenvalue weighted by Crippen LogP contribution is -2.42. The summed E-state index contributed by atoms with van der Waals surface area (Å²) >= 11 is 1.88. The Morgan fingerprint density at radius 3 is 2.90 bits per heavy atom. The van der Waals surface area contributed by atoms with E-state index in [1.807, 2.05) is 28.8 Å². The minimum absolute atomic E-state index is 0.0728. The summed E-state index contributed by atoms with van der Waals surface area (Å²) < 4.78 is 0. The first kappa shape index (κ1) is 14.4. The van der Waals surface area contributed by atoms with E-state index in [9.17, 15) is 9.59 Å². The molecule has 5 nitrogen and oxygen atoms in total. The van der Waals surface area contributed by atoms with Gasteiger partial charge >= 0.3 is 0 Å². The molecule has 0 spiro atoms. The molecule has 2 aliphatic heterocycles. The Kier molecular flexibility index (Phi) is 4.43. The number of pyridine rings is 1. The zero-order chi connectivity index (χ0) is 14.7. The van der Waals surface area contributed by atoms with Crippen molar-refractivity contribution in [1.29, 1.82) is 0 Å². The molecule has 2 aliphatic rings. The Bertz CT molecular complexity index is 517. The fraction of sp³-hybridized carbons (Fsp3) is 0.533. The van der Waals surface area contributed by atoms with Crippen LogP contribution in [0.4, 0.5) is 0 Å². The van der Waals surface area contributed by atoms with E-state index in [1.54, 1.807) is 17.3 Å². The van der Waals surface area contributed by atoms with Crippen LogP contribution < -0.4 is 0 Å². The largest absolute Gasteiger partial charge is 0.341 e. The highest BCUT2D eigenvalue weighted by molar-refractivity contribution is 7.99. The fourth-order valence-corrected chi connectivity index (χ4v) is 3.75. The summed E-state index contributed by atoms with van der Waals surface area (Å²) in [6, 6.07) is 3.82. The number of carbonyl (C=O) groups excluding carboxylic acids is 2. The summed E-state index contributed by atoms with van der Waals surface area (Å²) in [7, 11) is 0. The molecule has 0 saturated carbocycles. The second-order valence-electron chi connectivity index (χ2n) is 5.47. The molecule has 1 aromatic rings. The molecule has 2 amide bonds. The molecule has 0 radical (unpaired) electrons. The molecule has 112 valence electrons. The van der Waals surface area contributed by atoms with Crippen LogP contribution in [0.15, 0.2) is 24.5 Å². The number of rotatable bonds is 3. The van der Waals surface area contributed by atoms with Crippen molar-refractivity contribution in [3.05, 3.63) is 30.1 Å². The molecule has 0 unspecified atom stereocenters. The summed E-state index contributed by atoms with van der Waals surface area (Å²) in [4.78, 5) is 32.3. The van der Waals surface area contributed by atoms with Gasteiger partial charge in [-0.2, -0.15) is 11.8 Å². The fourth-order valence-electron chi connectivity index (χ4n) is 2.84. The smallest absolute Gasteiger partial charge is 0.228 e. The van der Waals surface area contributed by atoms with Crippen molar-refractivity contribution in [3.8, 4) is 0 Å². The van der Waals surface area contributed by atoms with E-state index in [0.717, 1.165) is 30.2 Å². The maximum absolute atomic E-state index is 12.5. The van der Waals surface area contributed by atoms with Crippen LogP contribution in [0, 0.1) is 5.92 Å². The number of aromatic nitrogens is 1. The van der Waals surface area contributed by atoms with E-state index < -0.39 is 0 Å². The van der Waals surface area contributed by atoms with Gasteiger partial charge in [0.1, 0.15) is 0 Å². The van der Waals surface area contributed by atoms with E-state index in [0.29, 0.717) is 19.5 Å². The third-order valence-corrected chi connectivity index (χ3v) is 4.93. The molecular weight excluding hydrogens is 286 g/mol. The van der Waals surface area contributed by atoms with Gasteiger partial charge in [0.15, 0.2) is 0 Å². The SMILES string of the molecule is O=C1C[C@H](C(=O)N2CCSCC2)CN1Cc1cccnc1. The molecule has 21 heavy (non-hydrogen) atoms. The summed E-state index contributed by atoms with van der Waals surface area (Å²) in [6.45, 7) is 2.72. The first-order chi connectivity index (χ1) is 10.2. The van der Waals surface area contributed by atoms with Gasteiger partial charge in [-0.15, -0.1) is 0 Å². The van der Waals surface area contributed by atoms with Gasteiger partial charge in [0.05, 0.1) is 5.92 Å². The molecular formula is C15H19N3O2S. The maximum Gasteiger partial charge on any atom is 0.228 e. The highest BCUT2D eigenvalue weighted by Gasteiger charge is 2.36. The Labute approximate surface area is 128 Å². The van der Waals surface area contributed by atoms with Gasteiger partial charge in [-0.05, 0) is 11.6 Å². The number of likely N-dealkylation sites (tertiary alicyclic amines) is 1. The molecule has 0 aliphatic carbocycles. The first-order valence-corrected chi connectivity index (χ1v) is 8.43. The van der Waals surface area contributed by atoms with Crippen LogP contribution in [0.25, 0.3) is 0 Å². The van der Waals surface area contributed by atoms with E-state index in [-0.39, 0.29) is 17.7 Å². The summed E-state index contributed by atoms with van der Waals surface area (Å²) in [5, 5.41) is 0. The van der Waals surface area contributed by atoms with Crippen LogP contribution in [-0.2, 0) is 16.1 Å². The number of hydrogen-bond acceptors (Lipinski definition) is 4. The quantitative estimate of drug-likeness (QED) is 0.836. The van der Waals surface area contributed by atoms with Crippen molar-refractivity contribution in [1.82, 2.24) is 14.8 Å². The summed E-state index contributed by atoms with van der Waals surface area (Å²) in [5.74, 6) is 2.07. The molecule has 0 N–H and O–H groups in total. The molecule has 2 saturated heterocycles. The van der Waals surface area contributed by atoms with Crippen LogP contribution in [0.2, 0.25) is 0 Å². The topological polar surface area (TPSA) is 53.5 Å². The highest BCUT2D eigenvalue weighted by Crippen LogP contribution is 2.23. The van der Waals surface area contributed by atoms with Crippen LogP contribution >= 0.6 is 11.8 Å². The van der Waals surface area contributed by atoms with E-state index in [4.69, 9.17) is 0 Å². The average molecular weight is 305 g/mol. The first-order valence-electron chi connectivity index (χ1n) is 7.27. The molecule has 2 fully saturated rings. The lowest BCUT2D eigenvalue weighted by Gasteiger charge is -2.28. The van der Waals surface area contributed by atoms with Gasteiger partial charge in [-0.1, -0.05) is 6.07 Å². The van der Waals surface area contributed by atoms with E-state index >= 15 is 0 Å². The lowest BCUT2D eigenvalue weighted by atomic mass is 10.1. The molecule has 0 aromatic carbocycles. The van der Waals surface area contributed by atoms with Crippen LogP contribution in [0.5, 0.6) is 0 Å². The van der Waals surface area contributed by atoms with Gasteiger partial charge in [0, 0.05) is 56.5 Å². The molecule has 1 aromatic heterocycles.